The normalized spacial score (nSPS) is 11.2. The van der Waals surface area contributed by atoms with E-state index in [0.29, 0.717) is 0 Å². The fourth-order valence-corrected chi connectivity index (χ4v) is 2.40. The number of hydrogen-bond donors (Lipinski definition) is 0. The van der Waals surface area contributed by atoms with Gasteiger partial charge >= 0.3 is 0 Å². The average molecular weight is 359 g/mol. The molecule has 0 rings (SSSR count). The first-order valence-electron chi connectivity index (χ1n) is 6.58. The van der Waals surface area contributed by atoms with Crippen molar-refractivity contribution in [1.29, 1.82) is 0 Å². The molecule has 0 aliphatic carbocycles. The van der Waals surface area contributed by atoms with E-state index in [2.05, 4.69) is 36.8 Å². The Morgan fingerprint density at radius 1 is 0.812 bits per heavy atom. The topological polar surface area (TPSA) is 0 Å². The molecule has 3 heteroatoms. The van der Waals surface area contributed by atoms with Gasteiger partial charge in [-0.15, -0.1) is 0 Å². The number of halogens is 2. The van der Waals surface area contributed by atoms with Gasteiger partial charge in [-0.25, -0.2) is 0 Å². The van der Waals surface area contributed by atoms with Crippen LogP contribution < -0.4 is 17.0 Å². The fourth-order valence-electron chi connectivity index (χ4n) is 2.00. The predicted octanol–water partition coefficient (Wildman–Crippen LogP) is 1.21. The molecule has 0 atom stereocenters. The monoisotopic (exact) mass is 357 g/mol. The number of nitrogens with zero attached hydrogens (tertiary/aromatic N) is 1. The lowest BCUT2D eigenvalue weighted by Crippen LogP contribution is -3.00. The Morgan fingerprint density at radius 3 is 1.62 bits per heavy atom. The molecule has 100 valence electrons. The van der Waals surface area contributed by atoms with Gasteiger partial charge in [-0.1, -0.05) is 42.6 Å². The van der Waals surface area contributed by atoms with E-state index in [4.69, 9.17) is 0 Å². The van der Waals surface area contributed by atoms with Crippen molar-refractivity contribution < 1.29 is 21.5 Å². The van der Waals surface area contributed by atoms with Gasteiger partial charge in [0.25, 0.3) is 0 Å². The summed E-state index contributed by atoms with van der Waals surface area (Å²) in [7, 11) is 2.44. The minimum absolute atomic E-state index is 0. The van der Waals surface area contributed by atoms with Crippen LogP contribution in [0.25, 0.3) is 0 Å². The number of quaternary nitrogens is 1. The maximum atomic E-state index is 3.52. The molecule has 16 heavy (non-hydrogen) atoms. The molecule has 0 unspecified atom stereocenters. The second-order valence-corrected chi connectivity index (χ2v) is 5.69. The van der Waals surface area contributed by atoms with Crippen LogP contribution in [-0.2, 0) is 0 Å². The number of rotatable bonds is 10. The summed E-state index contributed by atoms with van der Waals surface area (Å²) < 4.78 is 1.30. The molecule has 0 bridgehead atoms. The third-order valence-electron chi connectivity index (χ3n) is 3.18. The zero-order valence-electron chi connectivity index (χ0n) is 11.3. The minimum Gasteiger partial charge on any atom is -1.00 e. The van der Waals surface area contributed by atoms with Gasteiger partial charge in [-0.05, 0) is 25.7 Å². The van der Waals surface area contributed by atoms with Crippen molar-refractivity contribution in [2.75, 3.05) is 32.0 Å². The summed E-state index contributed by atoms with van der Waals surface area (Å²) in [4.78, 5) is 0. The smallest absolute Gasteiger partial charge is 0.0784 e. The summed E-state index contributed by atoms with van der Waals surface area (Å²) in [6.45, 7) is 8.70. The Bertz CT molecular complexity index is 132. The number of alkyl halides is 1. The molecule has 0 aliphatic heterocycles. The van der Waals surface area contributed by atoms with Crippen molar-refractivity contribution in [2.45, 2.75) is 52.4 Å². The zero-order valence-corrected chi connectivity index (χ0v) is 14.4. The SMILES string of the molecule is CCCC[N+](C)(CCCC)CCCCBr.[Br-]. The van der Waals surface area contributed by atoms with E-state index in [1.165, 1.54) is 62.6 Å². The highest BCUT2D eigenvalue weighted by atomic mass is 79.9. The van der Waals surface area contributed by atoms with Crippen molar-refractivity contribution >= 4 is 15.9 Å². The van der Waals surface area contributed by atoms with Gasteiger partial charge in [0, 0.05) is 5.33 Å². The first-order chi connectivity index (χ1) is 7.18. The highest BCUT2D eigenvalue weighted by Gasteiger charge is 2.19. The van der Waals surface area contributed by atoms with Gasteiger partial charge in [-0.2, -0.15) is 0 Å². The Kier molecular flexibility index (Phi) is 14.9. The highest BCUT2D eigenvalue weighted by molar-refractivity contribution is 9.09. The summed E-state index contributed by atoms with van der Waals surface area (Å²) in [6.07, 6.45) is 8.13. The quantitative estimate of drug-likeness (QED) is 0.313. The van der Waals surface area contributed by atoms with E-state index in [0.717, 1.165) is 5.33 Å². The van der Waals surface area contributed by atoms with Crippen LogP contribution in [0.4, 0.5) is 0 Å². The zero-order chi connectivity index (χ0) is 11.6. The van der Waals surface area contributed by atoms with E-state index >= 15 is 0 Å². The Balaban J connectivity index is 0. The molecule has 0 aliphatic rings. The molecule has 0 saturated heterocycles. The molecule has 0 aromatic carbocycles. The van der Waals surface area contributed by atoms with Gasteiger partial charge in [0.2, 0.25) is 0 Å². The summed E-state index contributed by atoms with van der Waals surface area (Å²) in [6, 6.07) is 0. The van der Waals surface area contributed by atoms with E-state index in [-0.39, 0.29) is 17.0 Å². The van der Waals surface area contributed by atoms with E-state index in [1.807, 2.05) is 0 Å². The maximum Gasteiger partial charge on any atom is 0.0784 e. The molecular formula is C13H29Br2N. The molecule has 0 amide bonds. The molecule has 1 nitrogen and oxygen atoms in total. The third kappa shape index (κ3) is 10.1. The highest BCUT2D eigenvalue weighted by Crippen LogP contribution is 2.11. The number of unbranched alkanes of at least 4 members (excludes halogenated alkanes) is 3. The number of hydrogen-bond acceptors (Lipinski definition) is 0. The van der Waals surface area contributed by atoms with Crippen molar-refractivity contribution in [3.8, 4) is 0 Å². The van der Waals surface area contributed by atoms with E-state index < -0.39 is 0 Å². The van der Waals surface area contributed by atoms with Gasteiger partial charge in [0.05, 0.1) is 26.7 Å². The van der Waals surface area contributed by atoms with Gasteiger partial charge in [0.1, 0.15) is 0 Å². The lowest BCUT2D eigenvalue weighted by molar-refractivity contribution is -0.910. The molecule has 0 heterocycles. The first-order valence-corrected chi connectivity index (χ1v) is 7.70. The van der Waals surface area contributed by atoms with Crippen LogP contribution >= 0.6 is 15.9 Å². The standard InChI is InChI=1S/C13H29BrN.BrH/c1-4-6-11-15(3,12-7-5-2)13-9-8-10-14;/h4-13H2,1-3H3;1H/q+1;/p-1. The summed E-state index contributed by atoms with van der Waals surface area (Å²) >= 11 is 3.52. The lowest BCUT2D eigenvalue weighted by atomic mass is 10.2. The van der Waals surface area contributed by atoms with E-state index in [9.17, 15) is 0 Å². The van der Waals surface area contributed by atoms with Gasteiger partial charge in [0.15, 0.2) is 0 Å². The summed E-state index contributed by atoms with van der Waals surface area (Å²) in [5.41, 5.74) is 0. The van der Waals surface area contributed by atoms with Crippen LogP contribution in [0, 0.1) is 0 Å². The fraction of sp³-hybridized carbons (Fsp3) is 1.00. The molecule has 0 radical (unpaired) electrons. The van der Waals surface area contributed by atoms with Crippen LogP contribution in [0.1, 0.15) is 52.4 Å². The Labute approximate surface area is 121 Å². The van der Waals surface area contributed by atoms with Crippen LogP contribution in [-0.4, -0.2) is 36.5 Å². The van der Waals surface area contributed by atoms with Crippen molar-refractivity contribution in [1.82, 2.24) is 0 Å². The molecule has 0 spiro atoms. The minimum atomic E-state index is 0. The lowest BCUT2D eigenvalue weighted by Gasteiger charge is -2.34. The van der Waals surface area contributed by atoms with Crippen LogP contribution in [0.3, 0.4) is 0 Å². The summed E-state index contributed by atoms with van der Waals surface area (Å²) in [5, 5.41) is 1.16. The third-order valence-corrected chi connectivity index (χ3v) is 3.75. The first kappa shape index (κ1) is 19.3. The second-order valence-electron chi connectivity index (χ2n) is 4.89. The van der Waals surface area contributed by atoms with Crippen molar-refractivity contribution in [2.24, 2.45) is 0 Å². The van der Waals surface area contributed by atoms with Crippen molar-refractivity contribution in [3.05, 3.63) is 0 Å². The Morgan fingerprint density at radius 2 is 1.25 bits per heavy atom. The molecule has 0 aromatic heterocycles. The summed E-state index contributed by atoms with van der Waals surface area (Å²) in [5.74, 6) is 0. The van der Waals surface area contributed by atoms with Gasteiger partial charge in [-0.3, -0.25) is 0 Å². The molecule has 0 N–H and O–H groups in total. The van der Waals surface area contributed by atoms with Crippen LogP contribution in [0.5, 0.6) is 0 Å². The average Bonchev–Trinajstić information content (AvgIpc) is 2.24. The van der Waals surface area contributed by atoms with Crippen LogP contribution in [0.2, 0.25) is 0 Å². The molecule has 0 aromatic rings. The van der Waals surface area contributed by atoms with Crippen molar-refractivity contribution in [3.63, 3.8) is 0 Å². The largest absolute Gasteiger partial charge is 1.00 e. The second kappa shape index (κ2) is 12.4. The molecule has 0 saturated carbocycles. The molecular weight excluding hydrogens is 330 g/mol. The van der Waals surface area contributed by atoms with E-state index in [1.54, 1.807) is 0 Å². The van der Waals surface area contributed by atoms with Gasteiger partial charge < -0.3 is 21.5 Å². The predicted molar refractivity (Wildman–Crippen MR) is 73.6 cm³/mol. The molecule has 0 fully saturated rings. The maximum absolute atomic E-state index is 3.52. The van der Waals surface area contributed by atoms with Crippen LogP contribution in [0.15, 0.2) is 0 Å². The Hall–Kier alpha value is 0.920.